The van der Waals surface area contributed by atoms with E-state index in [9.17, 15) is 0 Å². The van der Waals surface area contributed by atoms with Crippen molar-refractivity contribution >= 4 is 34.9 Å². The zero-order valence-corrected chi connectivity index (χ0v) is 13.3. The van der Waals surface area contributed by atoms with Crippen molar-refractivity contribution < 1.29 is 0 Å². The van der Waals surface area contributed by atoms with Crippen LogP contribution in [0.25, 0.3) is 0 Å². The molecule has 0 amide bonds. The molecule has 0 spiro atoms. The van der Waals surface area contributed by atoms with Gasteiger partial charge in [0.05, 0.1) is 0 Å². The molecule has 0 aliphatic carbocycles. The smallest absolute Gasteiger partial charge is 0.174 e. The van der Waals surface area contributed by atoms with E-state index in [2.05, 4.69) is 22.3 Å². The van der Waals surface area contributed by atoms with Crippen molar-refractivity contribution in [1.82, 2.24) is 9.36 Å². The molecular weight excluding hydrogens is 298 g/mol. The molecule has 0 saturated carbocycles. The van der Waals surface area contributed by atoms with Gasteiger partial charge >= 0.3 is 0 Å². The number of halogens is 1. The van der Waals surface area contributed by atoms with Crippen molar-refractivity contribution in [2.75, 3.05) is 0 Å². The van der Waals surface area contributed by atoms with Crippen molar-refractivity contribution in [2.45, 2.75) is 42.0 Å². The van der Waals surface area contributed by atoms with Crippen LogP contribution in [-0.2, 0) is 12.8 Å². The van der Waals surface area contributed by atoms with Crippen molar-refractivity contribution in [3.05, 3.63) is 34.6 Å². The summed E-state index contributed by atoms with van der Waals surface area (Å²) in [5, 5.41) is 0.766. The third-order valence-electron chi connectivity index (χ3n) is 2.56. The standard InChI is InChI=1S/C13H16ClN3S2/c1-3-12-16-13(19-17-12)18-11-6-4-5-10(14)9(11)7-8(2)15/h4-6,8H,3,7,15H2,1-2H3. The first-order chi connectivity index (χ1) is 9.10. The minimum absolute atomic E-state index is 0.0832. The molecule has 1 atom stereocenters. The van der Waals surface area contributed by atoms with Gasteiger partial charge in [0.1, 0.15) is 5.82 Å². The van der Waals surface area contributed by atoms with E-state index in [1.165, 1.54) is 11.5 Å². The van der Waals surface area contributed by atoms with Gasteiger partial charge in [-0.3, -0.25) is 0 Å². The zero-order valence-electron chi connectivity index (χ0n) is 10.9. The molecule has 0 fully saturated rings. The van der Waals surface area contributed by atoms with E-state index in [0.717, 1.165) is 38.5 Å². The Morgan fingerprint density at radius 3 is 2.89 bits per heavy atom. The number of hydrogen-bond donors (Lipinski definition) is 1. The summed E-state index contributed by atoms with van der Waals surface area (Å²) < 4.78 is 5.25. The highest BCUT2D eigenvalue weighted by Crippen LogP contribution is 2.35. The number of benzene rings is 1. The summed E-state index contributed by atoms with van der Waals surface area (Å²) in [5.74, 6) is 0.892. The molecule has 1 heterocycles. The lowest BCUT2D eigenvalue weighted by molar-refractivity contribution is 0.729. The van der Waals surface area contributed by atoms with E-state index in [1.807, 2.05) is 19.1 Å². The van der Waals surface area contributed by atoms with Crippen molar-refractivity contribution in [1.29, 1.82) is 0 Å². The van der Waals surface area contributed by atoms with Gasteiger partial charge in [-0.25, -0.2) is 4.98 Å². The molecule has 1 aromatic heterocycles. The quantitative estimate of drug-likeness (QED) is 0.912. The van der Waals surface area contributed by atoms with Gasteiger partial charge in [-0.05, 0) is 42.6 Å². The van der Waals surface area contributed by atoms with E-state index in [1.54, 1.807) is 11.8 Å². The maximum atomic E-state index is 6.27. The van der Waals surface area contributed by atoms with E-state index in [-0.39, 0.29) is 6.04 Å². The molecule has 2 N–H and O–H groups in total. The highest BCUT2D eigenvalue weighted by atomic mass is 35.5. The summed E-state index contributed by atoms with van der Waals surface area (Å²) in [7, 11) is 0. The summed E-state index contributed by atoms with van der Waals surface area (Å²) in [6.45, 7) is 4.04. The van der Waals surface area contributed by atoms with Crippen LogP contribution in [0.3, 0.4) is 0 Å². The molecule has 0 bridgehead atoms. The highest BCUT2D eigenvalue weighted by molar-refractivity contribution is 8.01. The Balaban J connectivity index is 2.26. The molecule has 0 aliphatic heterocycles. The molecule has 0 radical (unpaired) electrons. The molecule has 6 heteroatoms. The van der Waals surface area contributed by atoms with Crippen LogP contribution in [0.4, 0.5) is 0 Å². The zero-order chi connectivity index (χ0) is 13.8. The monoisotopic (exact) mass is 313 g/mol. The molecule has 19 heavy (non-hydrogen) atoms. The summed E-state index contributed by atoms with van der Waals surface area (Å²) >= 11 is 9.31. The molecule has 1 unspecified atom stereocenters. The van der Waals surface area contributed by atoms with Crippen LogP contribution in [0, 0.1) is 0 Å². The lowest BCUT2D eigenvalue weighted by atomic mass is 10.1. The van der Waals surface area contributed by atoms with Crippen LogP contribution in [-0.4, -0.2) is 15.4 Å². The maximum absolute atomic E-state index is 6.27. The van der Waals surface area contributed by atoms with Gasteiger partial charge in [0.2, 0.25) is 0 Å². The molecule has 0 aliphatic rings. The van der Waals surface area contributed by atoms with Crippen LogP contribution >= 0.6 is 34.9 Å². The summed E-state index contributed by atoms with van der Waals surface area (Å²) in [6, 6.07) is 6.00. The van der Waals surface area contributed by atoms with Crippen LogP contribution < -0.4 is 5.73 Å². The predicted molar refractivity (Wildman–Crippen MR) is 82.2 cm³/mol. The number of aromatic nitrogens is 2. The molecule has 0 saturated heterocycles. The second kappa shape index (κ2) is 6.70. The Morgan fingerprint density at radius 1 is 1.47 bits per heavy atom. The lowest BCUT2D eigenvalue weighted by Crippen LogP contribution is -2.18. The van der Waals surface area contributed by atoms with Crippen LogP contribution in [0.1, 0.15) is 25.2 Å². The average Bonchev–Trinajstić information content (AvgIpc) is 2.81. The third-order valence-corrected chi connectivity index (χ3v) is 4.81. The minimum Gasteiger partial charge on any atom is -0.328 e. The predicted octanol–water partition coefficient (Wildman–Crippen LogP) is 3.79. The molecule has 102 valence electrons. The minimum atomic E-state index is 0.0832. The molecule has 1 aromatic carbocycles. The number of nitrogens with zero attached hydrogens (tertiary/aromatic N) is 2. The van der Waals surface area contributed by atoms with Gasteiger partial charge < -0.3 is 5.73 Å². The van der Waals surface area contributed by atoms with Gasteiger partial charge in [-0.15, -0.1) is 0 Å². The lowest BCUT2D eigenvalue weighted by Gasteiger charge is -2.11. The van der Waals surface area contributed by atoms with Crippen molar-refractivity contribution in [3.63, 3.8) is 0 Å². The SMILES string of the molecule is CCc1nsc(Sc2cccc(Cl)c2CC(C)N)n1. The van der Waals surface area contributed by atoms with Gasteiger partial charge in [0.15, 0.2) is 4.34 Å². The normalized spacial score (nSPS) is 12.6. The van der Waals surface area contributed by atoms with E-state index in [0.29, 0.717) is 0 Å². The summed E-state index contributed by atoms with van der Waals surface area (Å²) in [6.07, 6.45) is 1.63. The summed E-state index contributed by atoms with van der Waals surface area (Å²) in [4.78, 5) is 5.58. The average molecular weight is 314 g/mol. The molecule has 3 nitrogen and oxygen atoms in total. The van der Waals surface area contributed by atoms with E-state index >= 15 is 0 Å². The van der Waals surface area contributed by atoms with Crippen LogP contribution in [0.5, 0.6) is 0 Å². The Morgan fingerprint density at radius 2 is 2.26 bits per heavy atom. The van der Waals surface area contributed by atoms with Crippen molar-refractivity contribution in [3.8, 4) is 0 Å². The number of hydrogen-bond acceptors (Lipinski definition) is 5. The molecule has 2 aromatic rings. The molecular formula is C13H16ClN3S2. The fourth-order valence-corrected chi connectivity index (χ4v) is 3.81. The van der Waals surface area contributed by atoms with Crippen LogP contribution in [0.15, 0.2) is 27.4 Å². The Labute approximate surface area is 126 Å². The van der Waals surface area contributed by atoms with Gasteiger partial charge in [-0.2, -0.15) is 4.37 Å². The largest absolute Gasteiger partial charge is 0.328 e. The first kappa shape index (κ1) is 14.8. The first-order valence-electron chi connectivity index (χ1n) is 6.13. The van der Waals surface area contributed by atoms with Crippen molar-refractivity contribution in [2.24, 2.45) is 5.73 Å². The third kappa shape index (κ3) is 3.92. The van der Waals surface area contributed by atoms with Gasteiger partial charge in [0.25, 0.3) is 0 Å². The fourth-order valence-electron chi connectivity index (χ4n) is 1.67. The van der Waals surface area contributed by atoms with Gasteiger partial charge in [-0.1, -0.05) is 36.4 Å². The Bertz CT molecular complexity index is 555. The molecule has 2 rings (SSSR count). The number of nitrogens with two attached hydrogens (primary N) is 1. The Hall–Kier alpha value is -0.620. The highest BCUT2D eigenvalue weighted by Gasteiger charge is 2.12. The number of rotatable bonds is 5. The summed E-state index contributed by atoms with van der Waals surface area (Å²) in [5.41, 5.74) is 6.98. The second-order valence-electron chi connectivity index (χ2n) is 4.33. The fraction of sp³-hybridized carbons (Fsp3) is 0.385. The topological polar surface area (TPSA) is 51.8 Å². The van der Waals surface area contributed by atoms with E-state index < -0.39 is 0 Å². The van der Waals surface area contributed by atoms with E-state index in [4.69, 9.17) is 17.3 Å². The van der Waals surface area contributed by atoms with Crippen LogP contribution in [0.2, 0.25) is 5.02 Å². The maximum Gasteiger partial charge on any atom is 0.174 e. The first-order valence-corrected chi connectivity index (χ1v) is 8.10. The second-order valence-corrected chi connectivity index (χ2v) is 6.78. The van der Waals surface area contributed by atoms with Gasteiger partial charge in [0, 0.05) is 22.4 Å². The Kier molecular flexibility index (Phi) is 5.21. The number of aryl methyl sites for hydroxylation is 1.